The zero-order valence-corrected chi connectivity index (χ0v) is 61.0. The van der Waals surface area contributed by atoms with Gasteiger partial charge in [-0.2, -0.15) is 0 Å². The number of thiazole rings is 3. The van der Waals surface area contributed by atoms with Gasteiger partial charge in [0.25, 0.3) is 23.6 Å². The molecule has 0 saturated heterocycles. The molecule has 0 aliphatic carbocycles. The molecule has 0 unspecified atom stereocenters. The largest absolute Gasteiger partial charge is 0.454 e. The predicted molar refractivity (Wildman–Crippen MR) is 409 cm³/mol. The van der Waals surface area contributed by atoms with Gasteiger partial charge >= 0.3 is 0 Å². The highest BCUT2D eigenvalue weighted by molar-refractivity contribution is 7.22. The zero-order valence-electron chi connectivity index (χ0n) is 57.7. The lowest BCUT2D eigenvalue weighted by molar-refractivity contribution is 0.0906. The molecule has 16 aromatic rings. The molecule has 4 amide bonds. The highest BCUT2D eigenvalue weighted by atomic mass is 32.1. The third kappa shape index (κ3) is 12.1. The summed E-state index contributed by atoms with van der Waals surface area (Å²) in [5.41, 5.74) is 23.8. The number of imide groups is 2. The number of aromatic nitrogens is 3. The summed E-state index contributed by atoms with van der Waals surface area (Å²) in [6.07, 6.45) is 1.44. The van der Waals surface area contributed by atoms with Gasteiger partial charge in [-0.15, -0.1) is 45.3 Å². The Hall–Kier alpha value is -10.7. The van der Waals surface area contributed by atoms with Gasteiger partial charge < -0.3 is 17.7 Å². The Morgan fingerprint density at radius 3 is 1.24 bits per heavy atom. The maximum Gasteiger partial charge on any atom is 0.268 e. The lowest BCUT2D eigenvalue weighted by Gasteiger charge is -2.10. The molecule has 0 N–H and O–H groups in total. The number of hydrogen-bond donors (Lipinski definition) is 0. The maximum atomic E-state index is 12.4. The van der Waals surface area contributed by atoms with Crippen LogP contribution >= 0.6 is 45.3 Å². The number of benzene rings is 8. The number of aryl methyl sites for hydroxylation is 14. The average Bonchev–Trinajstić information content (AvgIpc) is 1.61. The fourth-order valence-electron chi connectivity index (χ4n) is 12.7. The molecule has 0 bridgehead atoms. The molecule has 8 aromatic heterocycles. The lowest BCUT2D eigenvalue weighted by Crippen LogP contribution is -2.29. The van der Waals surface area contributed by atoms with Gasteiger partial charge in [-0.1, -0.05) is 97.1 Å². The Kier molecular flexibility index (Phi) is 17.6. The molecule has 2 aliphatic heterocycles. The first-order valence-corrected chi connectivity index (χ1v) is 36.0. The van der Waals surface area contributed by atoms with Crippen LogP contribution in [0.5, 0.6) is 0 Å². The van der Waals surface area contributed by atoms with Gasteiger partial charge in [0, 0.05) is 22.2 Å². The normalized spacial score (nSPS) is 12.5. The highest BCUT2D eigenvalue weighted by Crippen LogP contribution is 2.42. The van der Waals surface area contributed by atoms with Gasteiger partial charge in [0.1, 0.15) is 21.8 Å². The van der Waals surface area contributed by atoms with E-state index in [4.69, 9.17) is 32.6 Å². The molecule has 0 atom stereocenters. The van der Waals surface area contributed by atoms with Crippen LogP contribution in [0, 0.1) is 96.9 Å². The van der Waals surface area contributed by atoms with Gasteiger partial charge in [-0.05, 0) is 229 Å². The summed E-state index contributed by atoms with van der Waals surface area (Å²) in [7, 11) is 0. The number of amides is 4. The maximum absolute atomic E-state index is 12.4. The zero-order chi connectivity index (χ0) is 70.3. The lowest BCUT2D eigenvalue weighted by atomic mass is 9.99. The minimum absolute atomic E-state index is 0.210. The standard InChI is InChI=1S/C19H17NOS.2C18H15NOS.C14H11NO3.C14H11NO2S/c1-10-5-7-12(3)17-14(10)9-15(21-17)19-20-16-11(2)6-8-13(4)18(16)22-19;1-10-4-7-13-9-15(20-14(13)8-10)18-19-16-11(2)5-6-12(3)17(16)21-18;1-10-5-4-6-14-13(10)9-15(20-14)18-19-16-11(2)7-8-12(3)17(16)21-18;2*1-8-5-6-9(2)12-11(8)13(16)15(14(12)17)10-4-3-7-18-10/h5-9H,1-4H3;2*4-9H,1-3H3;2*3-7H,1-2H3. The van der Waals surface area contributed by atoms with E-state index in [9.17, 15) is 19.2 Å². The number of rotatable bonds is 5. The van der Waals surface area contributed by atoms with Gasteiger partial charge in [-0.25, -0.2) is 24.8 Å². The molecule has 13 nitrogen and oxygen atoms in total. The van der Waals surface area contributed by atoms with Crippen LogP contribution in [0.2, 0.25) is 0 Å². The molecule has 0 saturated carbocycles. The summed E-state index contributed by atoms with van der Waals surface area (Å²) >= 11 is 6.52. The monoisotopic (exact) mass is 1390 g/mol. The van der Waals surface area contributed by atoms with Gasteiger partial charge in [-0.3, -0.25) is 19.2 Å². The van der Waals surface area contributed by atoms with Crippen molar-refractivity contribution in [3.8, 4) is 32.3 Å². The topological polar surface area (TPSA) is 166 Å². The summed E-state index contributed by atoms with van der Waals surface area (Å²) in [6, 6.07) is 50.2. The van der Waals surface area contributed by atoms with Gasteiger partial charge in [0.2, 0.25) is 5.88 Å². The summed E-state index contributed by atoms with van der Waals surface area (Å²) in [5.74, 6) is 1.80. The van der Waals surface area contributed by atoms with Crippen molar-refractivity contribution < 1.29 is 36.8 Å². The SMILES string of the molecule is Cc1ccc(C)c2c1C(=O)N(c1ccco1)C2=O.Cc1ccc(C)c2c1C(=O)N(c1cccs1)C2=O.Cc1ccc(C)c2oc(-c3nc4c(C)ccc(C)c4s3)cc12.Cc1ccc2cc(-c3nc4c(C)ccc(C)c4s3)oc2c1.Cc1cccc2oc(-c3nc4c(C)ccc(C)c4s3)cc12. The van der Waals surface area contributed by atoms with E-state index in [0.29, 0.717) is 27.3 Å². The van der Waals surface area contributed by atoms with E-state index in [1.54, 1.807) is 52.2 Å². The van der Waals surface area contributed by atoms with Crippen molar-refractivity contribution in [3.63, 3.8) is 0 Å². The van der Waals surface area contributed by atoms with Crippen LogP contribution in [0.25, 0.3) is 95.9 Å². The number of anilines is 2. The molecular formula is C83H69N5O8S4. The second-order valence-corrected chi connectivity index (χ2v) is 29.6. The Morgan fingerprint density at radius 2 is 0.780 bits per heavy atom. The molecule has 498 valence electrons. The van der Waals surface area contributed by atoms with Crippen LogP contribution < -0.4 is 9.80 Å². The van der Waals surface area contributed by atoms with Gasteiger partial charge in [0.15, 0.2) is 32.3 Å². The Morgan fingerprint density at radius 1 is 0.350 bits per heavy atom. The molecule has 0 spiro atoms. The molecule has 0 fully saturated rings. The minimum atomic E-state index is -0.314. The van der Waals surface area contributed by atoms with E-state index in [2.05, 4.69) is 160 Å². The molecule has 18 rings (SSSR count). The van der Waals surface area contributed by atoms with E-state index < -0.39 is 0 Å². The fourth-order valence-corrected chi connectivity index (χ4v) is 16.6. The van der Waals surface area contributed by atoms with Crippen molar-refractivity contribution in [2.45, 2.75) is 96.9 Å². The number of hydrogen-bond acceptors (Lipinski definition) is 15. The van der Waals surface area contributed by atoms with Crippen LogP contribution in [0.4, 0.5) is 10.9 Å². The number of carbonyl (C=O) groups is 4. The molecule has 8 aromatic carbocycles. The van der Waals surface area contributed by atoms with Crippen LogP contribution in [-0.2, 0) is 0 Å². The van der Waals surface area contributed by atoms with Gasteiger partial charge in [0.05, 0.1) is 59.2 Å². The molecule has 0 radical (unpaired) electrons. The van der Waals surface area contributed by atoms with Crippen LogP contribution in [0.3, 0.4) is 0 Å². The molecule has 100 heavy (non-hydrogen) atoms. The highest BCUT2D eigenvalue weighted by Gasteiger charge is 2.41. The number of nitrogens with zero attached hydrogens (tertiary/aromatic N) is 5. The Labute approximate surface area is 593 Å². The van der Waals surface area contributed by atoms with Crippen molar-refractivity contribution >= 4 is 143 Å². The Bertz CT molecular complexity index is 5530. The molecule has 10 heterocycles. The predicted octanol–water partition coefficient (Wildman–Crippen LogP) is 23.1. The van der Waals surface area contributed by atoms with Crippen LogP contribution in [0.15, 0.2) is 181 Å². The smallest absolute Gasteiger partial charge is 0.268 e. The number of carbonyl (C=O) groups excluding carboxylic acids is 4. The second kappa shape index (κ2) is 26.5. The van der Waals surface area contributed by atoms with Crippen molar-refractivity contribution in [3.05, 3.63) is 263 Å². The number of thiophene rings is 1. The van der Waals surface area contributed by atoms with Crippen LogP contribution in [0.1, 0.15) is 119 Å². The molecular weight excluding hydrogens is 1320 g/mol. The summed E-state index contributed by atoms with van der Waals surface area (Å²) in [5, 5.41) is 8.89. The van der Waals surface area contributed by atoms with Crippen molar-refractivity contribution in [1.29, 1.82) is 0 Å². The second-order valence-electron chi connectivity index (χ2n) is 25.7. The van der Waals surface area contributed by atoms with E-state index in [1.165, 1.54) is 103 Å². The fraction of sp³-hybridized carbons (Fsp3) is 0.169. The molecule has 17 heteroatoms. The summed E-state index contributed by atoms with van der Waals surface area (Å²) < 4.78 is 27.0. The van der Waals surface area contributed by atoms with Crippen molar-refractivity contribution in [2.75, 3.05) is 9.80 Å². The van der Waals surface area contributed by atoms with Crippen molar-refractivity contribution in [2.24, 2.45) is 0 Å². The average molecular weight is 1390 g/mol. The van der Waals surface area contributed by atoms with E-state index >= 15 is 0 Å². The number of furan rings is 4. The van der Waals surface area contributed by atoms with Crippen LogP contribution in [-0.4, -0.2) is 38.6 Å². The number of fused-ring (bicyclic) bond motifs is 8. The van der Waals surface area contributed by atoms with E-state index in [-0.39, 0.29) is 29.5 Å². The van der Waals surface area contributed by atoms with E-state index in [1.807, 2.05) is 75.5 Å². The first-order chi connectivity index (χ1) is 48.0. The van der Waals surface area contributed by atoms with E-state index in [0.717, 1.165) is 98.1 Å². The summed E-state index contributed by atoms with van der Waals surface area (Å²) in [6.45, 7) is 28.5. The minimum Gasteiger partial charge on any atom is -0.454 e. The quantitative estimate of drug-likeness (QED) is 0.151. The third-order valence-electron chi connectivity index (χ3n) is 18.4. The summed E-state index contributed by atoms with van der Waals surface area (Å²) in [4.78, 5) is 66.2. The molecule has 2 aliphatic rings. The van der Waals surface area contributed by atoms with Crippen molar-refractivity contribution in [1.82, 2.24) is 15.0 Å². The first-order valence-electron chi connectivity index (χ1n) is 32.7. The first kappa shape index (κ1) is 66.5. The third-order valence-corrected chi connectivity index (χ3v) is 22.8. The Balaban J connectivity index is 0.000000107.